The zero-order valence-corrected chi connectivity index (χ0v) is 14.3. The monoisotopic (exact) mass is 338 g/mol. The molecule has 0 aliphatic heterocycles. The lowest BCUT2D eigenvalue weighted by molar-refractivity contribution is 0.459. The molecule has 4 nitrogen and oxygen atoms in total. The van der Waals surface area contributed by atoms with Crippen LogP contribution in [0.5, 0.6) is 0 Å². The van der Waals surface area contributed by atoms with Gasteiger partial charge in [-0.25, -0.2) is 13.8 Å². The highest BCUT2D eigenvalue weighted by Crippen LogP contribution is 2.23. The molecule has 2 heterocycles. The quantitative estimate of drug-likeness (QED) is 0.688. The summed E-state index contributed by atoms with van der Waals surface area (Å²) in [6.07, 6.45) is 1.66. The Balaban J connectivity index is 2.22. The summed E-state index contributed by atoms with van der Waals surface area (Å²) < 4.78 is 29.2. The lowest BCUT2D eigenvalue weighted by Gasteiger charge is -2.12. The van der Waals surface area contributed by atoms with E-state index in [-0.39, 0.29) is 5.56 Å². The number of halogens is 2. The maximum Gasteiger partial charge on any atom is 0.159 e. The minimum absolute atomic E-state index is 0.0291. The molecule has 0 aliphatic rings. The van der Waals surface area contributed by atoms with Crippen molar-refractivity contribution in [3.63, 3.8) is 0 Å². The van der Waals surface area contributed by atoms with Gasteiger partial charge in [-0.15, -0.1) is 0 Å². The Morgan fingerprint density at radius 3 is 2.84 bits per heavy atom. The molecule has 2 aromatic heterocycles. The van der Waals surface area contributed by atoms with Crippen LogP contribution in [0.3, 0.4) is 0 Å². The number of pyridine rings is 1. The molecule has 0 saturated heterocycles. The van der Waals surface area contributed by atoms with E-state index in [1.807, 2.05) is 18.5 Å². The molecule has 126 valence electrons. The van der Waals surface area contributed by atoms with Crippen molar-refractivity contribution < 1.29 is 8.78 Å². The lowest BCUT2D eigenvalue weighted by atomic mass is 10.0. The van der Waals surface area contributed by atoms with Crippen LogP contribution in [0, 0.1) is 12.7 Å². The van der Waals surface area contributed by atoms with Crippen LogP contribution in [0.15, 0.2) is 35.5 Å². The minimum Gasteiger partial charge on any atom is -0.331 e. The third-order valence-electron chi connectivity index (χ3n) is 4.28. The summed E-state index contributed by atoms with van der Waals surface area (Å²) in [5.41, 5.74) is 2.00. The second-order valence-corrected chi connectivity index (χ2v) is 5.93. The van der Waals surface area contributed by atoms with E-state index >= 15 is 0 Å². The molecule has 1 atom stereocenters. The number of hydrogen-bond acceptors (Lipinski definition) is 3. The molecular formula is C18H17BF2N4. The molecule has 0 bridgehead atoms. The van der Waals surface area contributed by atoms with Crippen molar-refractivity contribution in [1.29, 1.82) is 0 Å². The first kappa shape index (κ1) is 17.3. The van der Waals surface area contributed by atoms with Gasteiger partial charge in [0, 0.05) is 23.6 Å². The largest absolute Gasteiger partial charge is 0.331 e. The summed E-state index contributed by atoms with van der Waals surface area (Å²) in [4.78, 5) is 13.2. The predicted molar refractivity (Wildman–Crippen MR) is 93.8 cm³/mol. The van der Waals surface area contributed by atoms with Crippen molar-refractivity contribution in [2.75, 3.05) is 0 Å². The Morgan fingerprint density at radius 2 is 2.12 bits per heavy atom. The predicted octanol–water partition coefficient (Wildman–Crippen LogP) is 2.34. The van der Waals surface area contributed by atoms with Crippen molar-refractivity contribution in [2.45, 2.75) is 26.6 Å². The van der Waals surface area contributed by atoms with Crippen molar-refractivity contribution >= 4 is 24.3 Å². The summed E-state index contributed by atoms with van der Waals surface area (Å²) in [7, 11) is 7.67. The van der Waals surface area contributed by atoms with Crippen LogP contribution < -0.4 is 11.1 Å². The minimum atomic E-state index is -0.851. The highest BCUT2D eigenvalue weighted by molar-refractivity contribution is 6.31. The van der Waals surface area contributed by atoms with Crippen molar-refractivity contribution in [1.82, 2.24) is 14.5 Å². The number of nitrogens with zero attached hydrogens (tertiary/aromatic N) is 4. The van der Waals surface area contributed by atoms with E-state index in [1.165, 1.54) is 6.07 Å². The van der Waals surface area contributed by atoms with Crippen LogP contribution in [0.25, 0.3) is 10.9 Å². The van der Waals surface area contributed by atoms with Gasteiger partial charge in [-0.05, 0) is 25.5 Å². The molecule has 0 N–H and O–H groups in total. The zero-order chi connectivity index (χ0) is 18.1. The molecule has 0 spiro atoms. The van der Waals surface area contributed by atoms with Crippen LogP contribution in [0.4, 0.5) is 8.78 Å². The van der Waals surface area contributed by atoms with Crippen LogP contribution in [-0.2, 0) is 13.7 Å². The molecule has 7 heteroatoms. The Kier molecular flexibility index (Phi) is 4.66. The summed E-state index contributed by atoms with van der Waals surface area (Å²) in [6, 6.07) is 5.84. The van der Waals surface area contributed by atoms with E-state index in [4.69, 9.17) is 7.85 Å². The van der Waals surface area contributed by atoms with Gasteiger partial charge in [0.1, 0.15) is 26.2 Å². The van der Waals surface area contributed by atoms with Crippen molar-refractivity contribution in [3.8, 4) is 0 Å². The Hall–Kier alpha value is -2.57. The fraction of sp³-hybridized carbons (Fsp3) is 0.278. The number of hydrogen-bond donors (Lipinski definition) is 0. The van der Waals surface area contributed by atoms with Crippen LogP contribution in [0.2, 0.25) is 0 Å². The lowest BCUT2D eigenvalue weighted by Crippen LogP contribution is -2.20. The molecule has 0 aliphatic carbocycles. The summed E-state index contributed by atoms with van der Waals surface area (Å²) in [5.74, 6) is 0.174. The normalized spacial score (nSPS) is 13.4. The molecule has 25 heavy (non-hydrogen) atoms. The summed E-state index contributed by atoms with van der Waals surface area (Å²) in [6.45, 7) is 2.75. The molecule has 1 aromatic carbocycles. The first-order valence-corrected chi connectivity index (χ1v) is 7.88. The van der Waals surface area contributed by atoms with Gasteiger partial charge in [-0.1, -0.05) is 18.2 Å². The molecule has 0 unspecified atom stereocenters. The Bertz CT molecular complexity index is 1010. The van der Waals surface area contributed by atoms with E-state index in [1.54, 1.807) is 31.3 Å². The number of rotatable bonds is 3. The number of aromatic nitrogens is 3. The molecule has 2 radical (unpaired) electrons. The van der Waals surface area contributed by atoms with Gasteiger partial charge in [-0.2, -0.15) is 0 Å². The van der Waals surface area contributed by atoms with Gasteiger partial charge in [0.25, 0.3) is 0 Å². The van der Waals surface area contributed by atoms with Crippen molar-refractivity contribution in [3.05, 3.63) is 58.7 Å². The smallest absolute Gasteiger partial charge is 0.159 e. The Morgan fingerprint density at radius 1 is 1.36 bits per heavy atom. The summed E-state index contributed by atoms with van der Waals surface area (Å²) in [5, 5.41) is 0.731. The van der Waals surface area contributed by atoms with Gasteiger partial charge < -0.3 is 4.57 Å². The molecule has 3 aromatic rings. The Labute approximate surface area is 145 Å². The highest BCUT2D eigenvalue weighted by Gasteiger charge is 2.14. The third kappa shape index (κ3) is 3.18. The first-order valence-electron chi connectivity index (χ1n) is 7.88. The molecule has 3 rings (SSSR count). The van der Waals surface area contributed by atoms with Gasteiger partial charge in [-0.3, -0.25) is 9.98 Å². The first-order chi connectivity index (χ1) is 11.9. The maximum atomic E-state index is 14.4. The molecule has 0 fully saturated rings. The number of fused-ring (bicyclic) bond motifs is 1. The molecule has 0 amide bonds. The number of alkyl halides is 1. The van der Waals surface area contributed by atoms with Crippen LogP contribution in [-0.4, -0.2) is 22.4 Å². The number of aryl methyl sites for hydroxylation is 2. The fourth-order valence-corrected chi connectivity index (χ4v) is 2.75. The van der Waals surface area contributed by atoms with E-state index in [2.05, 4.69) is 15.0 Å². The number of benzene rings is 1. The molecule has 0 saturated carbocycles. The van der Waals surface area contributed by atoms with Gasteiger partial charge >= 0.3 is 0 Å². The summed E-state index contributed by atoms with van der Waals surface area (Å²) >= 11 is 0. The topological polar surface area (TPSA) is 43.1 Å². The van der Waals surface area contributed by atoms with Crippen LogP contribution in [0.1, 0.15) is 29.9 Å². The van der Waals surface area contributed by atoms with Crippen LogP contribution >= 0.6 is 0 Å². The fourth-order valence-electron chi connectivity index (χ4n) is 2.75. The van der Waals surface area contributed by atoms with Gasteiger partial charge in [0.2, 0.25) is 0 Å². The van der Waals surface area contributed by atoms with Gasteiger partial charge in [0.15, 0.2) is 5.49 Å². The average Bonchev–Trinajstić information content (AvgIpc) is 2.59. The average molecular weight is 338 g/mol. The molecular weight excluding hydrogens is 321 g/mol. The van der Waals surface area contributed by atoms with E-state index in [9.17, 15) is 8.78 Å². The van der Waals surface area contributed by atoms with E-state index < -0.39 is 18.5 Å². The van der Waals surface area contributed by atoms with E-state index in [0.29, 0.717) is 16.6 Å². The standard InChI is InChI=1S/C18H17BF2N4/c1-10(13-6-4-5-12(8-20)17(13)21)23-18-14-7-16(19)22-9-15(14)25(3)11(2)24-18/h4-7,9-10H,8H2,1-3H3/t10-/m1/s1. The van der Waals surface area contributed by atoms with Crippen molar-refractivity contribution in [2.24, 2.45) is 12.0 Å². The SMILES string of the molecule is [B]c1cc2c(=N[C@H](C)c3cccc(CF)c3F)nc(C)n(C)c2cn1. The second-order valence-electron chi connectivity index (χ2n) is 5.93. The zero-order valence-electron chi connectivity index (χ0n) is 14.3. The third-order valence-corrected chi connectivity index (χ3v) is 4.28. The maximum absolute atomic E-state index is 14.4. The second kappa shape index (κ2) is 6.74. The van der Waals surface area contributed by atoms with Gasteiger partial charge in [0.05, 0.1) is 17.8 Å². The highest BCUT2D eigenvalue weighted by atomic mass is 19.1. The van der Waals surface area contributed by atoms with E-state index in [0.717, 1.165) is 16.7 Å².